The Labute approximate surface area is 109 Å². The highest BCUT2D eigenvalue weighted by Gasteiger charge is 2.25. The van der Waals surface area contributed by atoms with Crippen molar-refractivity contribution >= 4 is 12.0 Å². The SMILES string of the molecule is O=C(NCc1cccnn1)NC1C=CC(C(=O)O)C1. The molecule has 100 valence electrons. The van der Waals surface area contributed by atoms with Gasteiger partial charge in [-0.25, -0.2) is 4.79 Å². The lowest BCUT2D eigenvalue weighted by Crippen LogP contribution is -2.40. The van der Waals surface area contributed by atoms with E-state index in [0.29, 0.717) is 12.1 Å². The van der Waals surface area contributed by atoms with Crippen molar-refractivity contribution in [2.45, 2.75) is 19.0 Å². The summed E-state index contributed by atoms with van der Waals surface area (Å²) < 4.78 is 0. The Bertz CT molecular complexity index is 489. The number of carboxylic acids is 1. The molecule has 7 heteroatoms. The van der Waals surface area contributed by atoms with E-state index >= 15 is 0 Å². The maximum absolute atomic E-state index is 11.6. The van der Waals surface area contributed by atoms with Crippen LogP contribution in [-0.2, 0) is 11.3 Å². The monoisotopic (exact) mass is 262 g/mol. The molecule has 2 amide bonds. The lowest BCUT2D eigenvalue weighted by molar-refractivity contribution is -0.140. The second-order valence-corrected chi connectivity index (χ2v) is 4.21. The average molecular weight is 262 g/mol. The van der Waals surface area contributed by atoms with Gasteiger partial charge in [-0.05, 0) is 18.6 Å². The highest BCUT2D eigenvalue weighted by Crippen LogP contribution is 2.17. The molecule has 19 heavy (non-hydrogen) atoms. The number of aliphatic carboxylic acids is 1. The van der Waals surface area contributed by atoms with Gasteiger partial charge in [0.05, 0.1) is 24.2 Å². The molecule has 1 aliphatic rings. The van der Waals surface area contributed by atoms with Crippen LogP contribution in [0, 0.1) is 5.92 Å². The Hall–Kier alpha value is -2.44. The molecule has 0 bridgehead atoms. The van der Waals surface area contributed by atoms with Gasteiger partial charge in [0, 0.05) is 6.20 Å². The zero-order valence-electron chi connectivity index (χ0n) is 10.1. The molecule has 2 unspecified atom stereocenters. The standard InChI is InChI=1S/C12H14N4O3/c17-11(18)8-3-4-9(6-8)15-12(19)13-7-10-2-1-5-14-16-10/h1-5,8-9H,6-7H2,(H,17,18)(H2,13,15,19). The molecule has 0 radical (unpaired) electrons. The van der Waals surface area contributed by atoms with Crippen LogP contribution in [-0.4, -0.2) is 33.3 Å². The summed E-state index contributed by atoms with van der Waals surface area (Å²) in [5, 5.41) is 21.7. The van der Waals surface area contributed by atoms with Crippen molar-refractivity contribution in [2.24, 2.45) is 5.92 Å². The number of urea groups is 1. The van der Waals surface area contributed by atoms with Crippen LogP contribution in [0.5, 0.6) is 0 Å². The molecule has 1 aromatic rings. The van der Waals surface area contributed by atoms with Crippen LogP contribution >= 0.6 is 0 Å². The van der Waals surface area contributed by atoms with Gasteiger partial charge in [0.25, 0.3) is 0 Å². The molecular weight excluding hydrogens is 248 g/mol. The third-order valence-corrected chi connectivity index (χ3v) is 2.77. The number of nitrogens with one attached hydrogen (secondary N) is 2. The Kier molecular flexibility index (Phi) is 4.07. The fourth-order valence-electron chi connectivity index (χ4n) is 1.81. The van der Waals surface area contributed by atoms with Crippen molar-refractivity contribution in [2.75, 3.05) is 0 Å². The van der Waals surface area contributed by atoms with E-state index in [4.69, 9.17) is 5.11 Å². The van der Waals surface area contributed by atoms with E-state index in [2.05, 4.69) is 20.8 Å². The Morgan fingerprint density at radius 3 is 2.89 bits per heavy atom. The van der Waals surface area contributed by atoms with E-state index in [1.54, 1.807) is 30.5 Å². The molecule has 0 saturated heterocycles. The predicted molar refractivity (Wildman–Crippen MR) is 66.1 cm³/mol. The molecule has 0 fully saturated rings. The number of hydrogen-bond acceptors (Lipinski definition) is 4. The van der Waals surface area contributed by atoms with Gasteiger partial charge < -0.3 is 15.7 Å². The topological polar surface area (TPSA) is 104 Å². The fourth-order valence-corrected chi connectivity index (χ4v) is 1.81. The summed E-state index contributed by atoms with van der Waals surface area (Å²) in [5.41, 5.74) is 0.656. The molecule has 0 aromatic carbocycles. The van der Waals surface area contributed by atoms with E-state index in [1.165, 1.54) is 0 Å². The van der Waals surface area contributed by atoms with Gasteiger partial charge in [0.15, 0.2) is 0 Å². The number of carbonyl (C=O) groups excluding carboxylic acids is 1. The predicted octanol–water partition coefficient (Wildman–Crippen LogP) is 0.305. The lowest BCUT2D eigenvalue weighted by Gasteiger charge is -2.12. The minimum absolute atomic E-state index is 0.247. The quantitative estimate of drug-likeness (QED) is 0.677. The van der Waals surface area contributed by atoms with Crippen LogP contribution in [0.15, 0.2) is 30.5 Å². The van der Waals surface area contributed by atoms with Crippen LogP contribution < -0.4 is 10.6 Å². The minimum Gasteiger partial charge on any atom is -0.481 e. The summed E-state index contributed by atoms with van der Waals surface area (Å²) in [7, 11) is 0. The molecule has 1 aromatic heterocycles. The van der Waals surface area contributed by atoms with Crippen molar-refractivity contribution in [1.82, 2.24) is 20.8 Å². The van der Waals surface area contributed by atoms with Crippen LogP contribution in [0.4, 0.5) is 4.79 Å². The number of hydrogen-bond donors (Lipinski definition) is 3. The fraction of sp³-hybridized carbons (Fsp3) is 0.333. The summed E-state index contributed by atoms with van der Waals surface area (Å²) in [5.74, 6) is -1.40. The zero-order chi connectivity index (χ0) is 13.7. The largest absolute Gasteiger partial charge is 0.481 e. The molecule has 3 N–H and O–H groups in total. The van der Waals surface area contributed by atoms with Crippen molar-refractivity contribution in [3.8, 4) is 0 Å². The van der Waals surface area contributed by atoms with Gasteiger partial charge in [-0.3, -0.25) is 4.79 Å². The zero-order valence-corrected chi connectivity index (χ0v) is 10.1. The average Bonchev–Trinajstić information content (AvgIpc) is 2.86. The molecule has 7 nitrogen and oxygen atoms in total. The van der Waals surface area contributed by atoms with Crippen LogP contribution in [0.25, 0.3) is 0 Å². The van der Waals surface area contributed by atoms with Crippen molar-refractivity contribution in [3.05, 3.63) is 36.2 Å². The molecule has 0 aliphatic heterocycles. The van der Waals surface area contributed by atoms with E-state index in [-0.39, 0.29) is 18.6 Å². The summed E-state index contributed by atoms with van der Waals surface area (Å²) >= 11 is 0. The molecule has 1 aliphatic carbocycles. The Morgan fingerprint density at radius 1 is 1.42 bits per heavy atom. The molecule has 2 atom stereocenters. The van der Waals surface area contributed by atoms with Crippen LogP contribution in [0.2, 0.25) is 0 Å². The van der Waals surface area contributed by atoms with Crippen molar-refractivity contribution in [3.63, 3.8) is 0 Å². The Balaban J connectivity index is 1.74. The molecule has 0 saturated carbocycles. The van der Waals surface area contributed by atoms with Crippen molar-refractivity contribution < 1.29 is 14.7 Å². The highest BCUT2D eigenvalue weighted by molar-refractivity contribution is 5.76. The van der Waals surface area contributed by atoms with Gasteiger partial charge in [0.1, 0.15) is 0 Å². The van der Waals surface area contributed by atoms with Gasteiger partial charge in [-0.2, -0.15) is 10.2 Å². The maximum atomic E-state index is 11.6. The summed E-state index contributed by atoms with van der Waals surface area (Å²) in [4.78, 5) is 22.3. The van der Waals surface area contributed by atoms with E-state index in [9.17, 15) is 9.59 Å². The number of amides is 2. The number of carboxylic acid groups (broad SMARTS) is 1. The normalized spacial score (nSPS) is 21.1. The van der Waals surface area contributed by atoms with Crippen LogP contribution in [0.3, 0.4) is 0 Å². The Morgan fingerprint density at radius 2 is 2.26 bits per heavy atom. The smallest absolute Gasteiger partial charge is 0.315 e. The van der Waals surface area contributed by atoms with Gasteiger partial charge in [0.2, 0.25) is 0 Å². The van der Waals surface area contributed by atoms with Gasteiger partial charge >= 0.3 is 12.0 Å². The first-order chi connectivity index (χ1) is 9.15. The number of carbonyl (C=O) groups is 2. The summed E-state index contributed by atoms with van der Waals surface area (Å²) in [6, 6.07) is 2.89. The second-order valence-electron chi connectivity index (χ2n) is 4.21. The van der Waals surface area contributed by atoms with Gasteiger partial charge in [-0.1, -0.05) is 12.2 Å². The first-order valence-electron chi connectivity index (χ1n) is 5.87. The van der Waals surface area contributed by atoms with Crippen LogP contribution in [0.1, 0.15) is 12.1 Å². The molecule has 1 heterocycles. The molecule has 2 rings (SSSR count). The number of rotatable bonds is 4. The van der Waals surface area contributed by atoms with Crippen molar-refractivity contribution in [1.29, 1.82) is 0 Å². The third-order valence-electron chi connectivity index (χ3n) is 2.77. The maximum Gasteiger partial charge on any atom is 0.315 e. The lowest BCUT2D eigenvalue weighted by atomic mass is 10.1. The summed E-state index contributed by atoms with van der Waals surface area (Å²) in [6.07, 6.45) is 5.23. The first kappa shape index (κ1) is 13.0. The summed E-state index contributed by atoms with van der Waals surface area (Å²) in [6.45, 7) is 0.276. The molecule has 0 spiro atoms. The molecular formula is C12H14N4O3. The van der Waals surface area contributed by atoms with E-state index in [1.807, 2.05) is 0 Å². The van der Waals surface area contributed by atoms with E-state index in [0.717, 1.165) is 0 Å². The van der Waals surface area contributed by atoms with E-state index < -0.39 is 11.9 Å². The first-order valence-corrected chi connectivity index (χ1v) is 5.87. The third kappa shape index (κ3) is 3.77. The number of aromatic nitrogens is 2. The number of nitrogens with zero attached hydrogens (tertiary/aromatic N) is 2. The highest BCUT2D eigenvalue weighted by atomic mass is 16.4. The van der Waals surface area contributed by atoms with Gasteiger partial charge in [-0.15, -0.1) is 0 Å². The second kappa shape index (κ2) is 5.94. The minimum atomic E-state index is -0.875.